The molecule has 1 heterocycles. The number of esters is 2. The highest BCUT2D eigenvalue weighted by molar-refractivity contribution is 5.72. The van der Waals surface area contributed by atoms with Crippen molar-refractivity contribution < 1.29 is 34.4 Å². The Hall–Kier alpha value is -1.22. The van der Waals surface area contributed by atoms with Gasteiger partial charge in [0.15, 0.2) is 0 Å². The van der Waals surface area contributed by atoms with Crippen molar-refractivity contribution in [2.75, 3.05) is 20.2 Å². The number of rotatable bonds is 4. The Morgan fingerprint density at radius 3 is 2.20 bits per heavy atom. The van der Waals surface area contributed by atoms with Gasteiger partial charge in [-0.2, -0.15) is 0 Å². The molecule has 8 nitrogen and oxygen atoms in total. The fraction of sp³-hybridized carbons (Fsp3) is 0.926. The number of aliphatic hydroxyl groups is 3. The molecule has 0 bridgehead atoms. The molecule has 1 aliphatic heterocycles. The maximum Gasteiger partial charge on any atom is 0.309 e. The van der Waals surface area contributed by atoms with Crippen LogP contribution in [-0.4, -0.2) is 81.8 Å². The molecule has 0 unspecified atom stereocenters. The van der Waals surface area contributed by atoms with Gasteiger partial charge in [-0.15, -0.1) is 0 Å². The summed E-state index contributed by atoms with van der Waals surface area (Å²) in [6, 6.07) is -0.548. The second-order valence-electron chi connectivity index (χ2n) is 11.5. The van der Waals surface area contributed by atoms with Crippen LogP contribution in [0.15, 0.2) is 0 Å². The lowest BCUT2D eigenvalue weighted by molar-refractivity contribution is -0.191. The van der Waals surface area contributed by atoms with Crippen molar-refractivity contribution >= 4 is 11.9 Å². The summed E-state index contributed by atoms with van der Waals surface area (Å²) in [7, 11) is 1.34. The van der Waals surface area contributed by atoms with Gasteiger partial charge >= 0.3 is 11.9 Å². The Bertz CT molecular complexity index is 695. The lowest BCUT2D eigenvalue weighted by Crippen LogP contribution is -2.59. The van der Waals surface area contributed by atoms with Gasteiger partial charge in [0.05, 0.1) is 25.0 Å². The zero-order chi connectivity index (χ0) is 27.3. The summed E-state index contributed by atoms with van der Waals surface area (Å²) in [4.78, 5) is 26.9. The van der Waals surface area contributed by atoms with Crippen LogP contribution in [0.3, 0.4) is 0 Å². The van der Waals surface area contributed by atoms with Gasteiger partial charge in [0.2, 0.25) is 0 Å². The summed E-state index contributed by atoms with van der Waals surface area (Å²) >= 11 is 0. The highest BCUT2D eigenvalue weighted by Crippen LogP contribution is 2.38. The first-order valence-electron chi connectivity index (χ1n) is 13.1. The molecule has 10 atom stereocenters. The first-order valence-corrected chi connectivity index (χ1v) is 13.1. The van der Waals surface area contributed by atoms with E-state index in [0.29, 0.717) is 25.9 Å². The molecule has 0 amide bonds. The number of cyclic esters (lactones) is 1. The lowest BCUT2D eigenvalue weighted by atomic mass is 9.70. The third-order valence-corrected chi connectivity index (χ3v) is 8.81. The summed E-state index contributed by atoms with van der Waals surface area (Å²) in [5, 5.41) is 34.1. The van der Waals surface area contributed by atoms with E-state index in [1.165, 1.54) is 14.0 Å². The molecule has 0 aromatic rings. The van der Waals surface area contributed by atoms with Gasteiger partial charge in [-0.3, -0.25) is 14.5 Å². The largest absolute Gasteiger partial charge is 0.469 e. The number of methoxy groups -OCH3 is 1. The van der Waals surface area contributed by atoms with Crippen LogP contribution in [0.4, 0.5) is 0 Å². The Kier molecular flexibility index (Phi) is 11.7. The van der Waals surface area contributed by atoms with E-state index in [0.717, 1.165) is 0 Å². The molecule has 0 spiro atoms. The number of hydrogen-bond acceptors (Lipinski definition) is 8. The minimum Gasteiger partial charge on any atom is -0.469 e. The van der Waals surface area contributed by atoms with E-state index in [1.54, 1.807) is 6.92 Å². The van der Waals surface area contributed by atoms with Crippen molar-refractivity contribution in [3.8, 4) is 0 Å². The molecule has 206 valence electrons. The smallest absolute Gasteiger partial charge is 0.309 e. The number of ether oxygens (including phenoxy) is 2. The van der Waals surface area contributed by atoms with Crippen LogP contribution < -0.4 is 0 Å². The van der Waals surface area contributed by atoms with Crippen molar-refractivity contribution in [2.24, 2.45) is 29.6 Å². The fourth-order valence-corrected chi connectivity index (χ4v) is 5.59. The van der Waals surface area contributed by atoms with Gasteiger partial charge in [-0.25, -0.2) is 0 Å². The zero-order valence-electron chi connectivity index (χ0n) is 23.6. The van der Waals surface area contributed by atoms with E-state index in [1.807, 2.05) is 46.4 Å². The topological polar surface area (TPSA) is 117 Å². The van der Waals surface area contributed by atoms with Crippen LogP contribution >= 0.6 is 0 Å². The molecule has 1 fully saturated rings. The number of aliphatic hydroxyl groups excluding tert-OH is 1. The van der Waals surface area contributed by atoms with E-state index in [2.05, 4.69) is 6.92 Å². The summed E-state index contributed by atoms with van der Waals surface area (Å²) in [6.45, 7) is 17.7. The SMILES string of the molecule is CC[C@H]1OC(=O)[C@H](C)[C@@H](C)[C@H](C)[C@@H](C)[C@](C)(O)C[C@@H](C)CN(CCC(=O)OC)[C@H](C)[C@@H](O)[C@]1(C)O. The predicted octanol–water partition coefficient (Wildman–Crippen LogP) is 3.01. The standard InChI is InChI=1S/C27H51NO7/c1-11-22-27(9,33)24(30)21(7)28(13-12-23(29)34-10)15-16(2)14-26(8,32)20(6)18(4)17(3)19(5)25(31)35-22/h16-22,24,30,32-33H,11-15H2,1-10H3/t16-,17+,18+,19-,20-,21-,22-,24-,26-,27-/m1/s1. The van der Waals surface area contributed by atoms with E-state index in [4.69, 9.17) is 9.47 Å². The summed E-state index contributed by atoms with van der Waals surface area (Å²) in [5.74, 6) is -1.31. The third kappa shape index (κ3) is 7.88. The van der Waals surface area contributed by atoms with Crippen molar-refractivity contribution in [1.82, 2.24) is 4.90 Å². The van der Waals surface area contributed by atoms with Crippen LogP contribution in [0.5, 0.6) is 0 Å². The number of carbonyl (C=O) groups is 2. The zero-order valence-corrected chi connectivity index (χ0v) is 23.6. The fourth-order valence-electron chi connectivity index (χ4n) is 5.59. The molecule has 1 rings (SSSR count). The maximum atomic E-state index is 13.1. The normalized spacial score (nSPS) is 43.1. The summed E-state index contributed by atoms with van der Waals surface area (Å²) < 4.78 is 10.6. The predicted molar refractivity (Wildman–Crippen MR) is 136 cm³/mol. The van der Waals surface area contributed by atoms with Crippen LogP contribution in [-0.2, 0) is 19.1 Å². The Morgan fingerprint density at radius 1 is 1.11 bits per heavy atom. The van der Waals surface area contributed by atoms with E-state index in [9.17, 15) is 24.9 Å². The Balaban J connectivity index is 3.47. The highest BCUT2D eigenvalue weighted by atomic mass is 16.6. The monoisotopic (exact) mass is 501 g/mol. The minimum atomic E-state index is -1.70. The minimum absolute atomic E-state index is 0.0328. The van der Waals surface area contributed by atoms with Gasteiger partial charge in [0.25, 0.3) is 0 Å². The van der Waals surface area contributed by atoms with Crippen molar-refractivity contribution in [2.45, 2.75) is 111 Å². The highest BCUT2D eigenvalue weighted by Gasteiger charge is 2.46. The molecular weight excluding hydrogens is 450 g/mol. The van der Waals surface area contributed by atoms with Crippen LogP contribution in [0.25, 0.3) is 0 Å². The molecule has 1 saturated heterocycles. The van der Waals surface area contributed by atoms with Gasteiger partial charge in [-0.05, 0) is 57.3 Å². The number of nitrogens with zero attached hydrogens (tertiary/aromatic N) is 1. The number of carbonyl (C=O) groups excluding carboxylic acids is 2. The van der Waals surface area contributed by atoms with Crippen molar-refractivity contribution in [3.63, 3.8) is 0 Å². The Labute approximate surface area is 212 Å². The van der Waals surface area contributed by atoms with Crippen LogP contribution in [0.2, 0.25) is 0 Å². The van der Waals surface area contributed by atoms with E-state index < -0.39 is 41.3 Å². The molecule has 35 heavy (non-hydrogen) atoms. The summed E-state index contributed by atoms with van der Waals surface area (Å²) in [5.41, 5.74) is -2.69. The molecule has 0 aliphatic carbocycles. The van der Waals surface area contributed by atoms with Gasteiger partial charge in [0, 0.05) is 19.1 Å². The molecule has 8 heteroatoms. The number of hydrogen-bond donors (Lipinski definition) is 3. The van der Waals surface area contributed by atoms with Crippen molar-refractivity contribution in [3.05, 3.63) is 0 Å². The quantitative estimate of drug-likeness (QED) is 0.504. The van der Waals surface area contributed by atoms with Gasteiger partial charge in [0.1, 0.15) is 17.8 Å². The molecule has 3 N–H and O–H groups in total. The molecule has 0 aromatic heterocycles. The van der Waals surface area contributed by atoms with Crippen molar-refractivity contribution in [1.29, 1.82) is 0 Å². The average Bonchev–Trinajstić information content (AvgIpc) is 2.80. The molecule has 0 saturated carbocycles. The average molecular weight is 502 g/mol. The third-order valence-electron chi connectivity index (χ3n) is 8.81. The molecule has 1 aliphatic rings. The summed E-state index contributed by atoms with van der Waals surface area (Å²) in [6.07, 6.45) is -1.17. The first-order chi connectivity index (χ1) is 16.0. The van der Waals surface area contributed by atoms with Crippen LogP contribution in [0.1, 0.15) is 81.6 Å². The second-order valence-corrected chi connectivity index (χ2v) is 11.5. The first kappa shape index (κ1) is 31.8. The van der Waals surface area contributed by atoms with Gasteiger partial charge < -0.3 is 24.8 Å². The van der Waals surface area contributed by atoms with Gasteiger partial charge in [-0.1, -0.05) is 41.5 Å². The molecule has 0 radical (unpaired) electrons. The van der Waals surface area contributed by atoms with E-state index >= 15 is 0 Å². The lowest BCUT2D eigenvalue weighted by Gasteiger charge is -2.43. The molecule has 0 aromatic carbocycles. The van der Waals surface area contributed by atoms with E-state index in [-0.39, 0.29) is 36.1 Å². The molecular formula is C27H51NO7. The maximum absolute atomic E-state index is 13.1. The van der Waals surface area contributed by atoms with Crippen LogP contribution in [0, 0.1) is 29.6 Å². The second kappa shape index (κ2) is 12.8. The Morgan fingerprint density at radius 2 is 1.69 bits per heavy atom.